The fourth-order valence-corrected chi connectivity index (χ4v) is 1.87. The lowest BCUT2D eigenvalue weighted by Gasteiger charge is -2.04. The van der Waals surface area contributed by atoms with Gasteiger partial charge in [-0.1, -0.05) is 12.1 Å². The minimum atomic E-state index is -0.101. The van der Waals surface area contributed by atoms with Crippen molar-refractivity contribution < 1.29 is 10.2 Å². The zero-order chi connectivity index (χ0) is 11.1. The molecule has 3 aromatic rings. The van der Waals surface area contributed by atoms with E-state index in [0.29, 0.717) is 5.39 Å². The van der Waals surface area contributed by atoms with Gasteiger partial charge in [0.05, 0.1) is 5.52 Å². The second-order valence-corrected chi connectivity index (χ2v) is 3.70. The van der Waals surface area contributed by atoms with Gasteiger partial charge in [-0.15, -0.1) is 17.0 Å². The third kappa shape index (κ3) is 1.80. The maximum Gasteiger partial charge on any atom is 0.165 e. The van der Waals surface area contributed by atoms with Gasteiger partial charge in [0.2, 0.25) is 0 Å². The Kier molecular flexibility index (Phi) is 2.90. The Hall–Kier alpha value is -1.81. The number of rotatable bonds is 0. The molecule has 0 fully saturated rings. The molecule has 17 heavy (non-hydrogen) atoms. The van der Waals surface area contributed by atoms with Crippen LogP contribution in [0.2, 0.25) is 0 Å². The van der Waals surface area contributed by atoms with Gasteiger partial charge >= 0.3 is 0 Å². The average molecular weight is 292 g/mol. The number of fused-ring (bicyclic) bond motifs is 2. The Labute approximate surface area is 108 Å². The van der Waals surface area contributed by atoms with Crippen LogP contribution in [0.4, 0.5) is 0 Å². The zero-order valence-electron chi connectivity index (χ0n) is 8.79. The molecule has 1 heterocycles. The number of nitrogens with zero attached hydrogens (tertiary/aromatic N) is 1. The van der Waals surface area contributed by atoms with Crippen molar-refractivity contribution in [3.8, 4) is 11.5 Å². The fraction of sp³-hybridized carbons (Fsp3) is 0. The second kappa shape index (κ2) is 4.22. The smallest absolute Gasteiger partial charge is 0.165 e. The topological polar surface area (TPSA) is 53.4 Å². The summed E-state index contributed by atoms with van der Waals surface area (Å²) in [6.45, 7) is 0. The molecule has 0 spiro atoms. The number of halogens is 1. The van der Waals surface area contributed by atoms with Crippen LogP contribution in [0.1, 0.15) is 0 Å². The van der Waals surface area contributed by atoms with E-state index in [1.807, 2.05) is 24.3 Å². The van der Waals surface area contributed by atoms with Crippen LogP contribution in [0, 0.1) is 0 Å². The van der Waals surface area contributed by atoms with Crippen LogP contribution in [0.3, 0.4) is 0 Å². The molecule has 0 unspecified atom stereocenters. The Morgan fingerprint density at radius 2 is 1.76 bits per heavy atom. The Morgan fingerprint density at radius 3 is 2.59 bits per heavy atom. The number of hydrogen-bond acceptors (Lipinski definition) is 3. The summed E-state index contributed by atoms with van der Waals surface area (Å²) >= 11 is 0. The number of aromatic hydroxyl groups is 2. The standard InChI is InChI=1S/C13H9NO2.BrH/c15-12-4-3-8-7-11-9(2-1-5-14-11)6-10(8)13(12)16;/h1-7,15-16H;1H. The van der Waals surface area contributed by atoms with Crippen LogP contribution in [-0.2, 0) is 0 Å². The quantitative estimate of drug-likeness (QED) is 0.493. The first-order chi connectivity index (χ1) is 7.75. The zero-order valence-corrected chi connectivity index (χ0v) is 10.5. The monoisotopic (exact) mass is 291 g/mol. The number of pyridine rings is 1. The predicted octanol–water partition coefficient (Wildman–Crippen LogP) is 3.38. The van der Waals surface area contributed by atoms with E-state index in [-0.39, 0.29) is 28.5 Å². The molecule has 0 aliphatic heterocycles. The SMILES string of the molecule is Br.Oc1ccc2cc3ncccc3cc2c1O. The molecule has 4 heteroatoms. The first-order valence-corrected chi connectivity index (χ1v) is 4.95. The molecule has 0 bridgehead atoms. The normalized spacial score (nSPS) is 10.4. The highest BCUT2D eigenvalue weighted by atomic mass is 79.9. The van der Waals surface area contributed by atoms with Crippen molar-refractivity contribution in [2.24, 2.45) is 0 Å². The summed E-state index contributed by atoms with van der Waals surface area (Å²) in [5.41, 5.74) is 0.875. The number of benzene rings is 2. The van der Waals surface area contributed by atoms with Gasteiger partial charge in [-0.2, -0.15) is 0 Å². The summed E-state index contributed by atoms with van der Waals surface area (Å²) in [5.74, 6) is -0.181. The average Bonchev–Trinajstić information content (AvgIpc) is 2.32. The molecule has 3 nitrogen and oxygen atoms in total. The van der Waals surface area contributed by atoms with Crippen molar-refractivity contribution in [2.75, 3.05) is 0 Å². The summed E-state index contributed by atoms with van der Waals surface area (Å²) in [6, 6.07) is 10.7. The molecule has 1 aromatic heterocycles. The second-order valence-electron chi connectivity index (χ2n) is 3.70. The van der Waals surface area contributed by atoms with Gasteiger partial charge < -0.3 is 10.2 Å². The van der Waals surface area contributed by atoms with E-state index in [4.69, 9.17) is 0 Å². The molecule has 0 aliphatic carbocycles. The largest absolute Gasteiger partial charge is 0.504 e. The highest BCUT2D eigenvalue weighted by Gasteiger charge is 2.06. The number of phenolic OH excluding ortho intramolecular Hbond substituents is 2. The maximum absolute atomic E-state index is 9.75. The molecule has 0 saturated heterocycles. The van der Waals surface area contributed by atoms with E-state index in [9.17, 15) is 10.2 Å². The summed E-state index contributed by atoms with van der Waals surface area (Å²) in [5, 5.41) is 21.6. The summed E-state index contributed by atoms with van der Waals surface area (Å²) in [4.78, 5) is 4.24. The fourth-order valence-electron chi connectivity index (χ4n) is 1.87. The number of aromatic nitrogens is 1. The van der Waals surface area contributed by atoms with Gasteiger partial charge in [0.15, 0.2) is 11.5 Å². The maximum atomic E-state index is 9.75. The van der Waals surface area contributed by atoms with Gasteiger partial charge in [-0.3, -0.25) is 4.98 Å². The highest BCUT2D eigenvalue weighted by molar-refractivity contribution is 8.93. The first-order valence-electron chi connectivity index (χ1n) is 4.95. The van der Waals surface area contributed by atoms with E-state index in [1.54, 1.807) is 12.3 Å². The molecule has 0 aliphatic rings. The lowest BCUT2D eigenvalue weighted by molar-refractivity contribution is 0.408. The molecule has 0 saturated carbocycles. The van der Waals surface area contributed by atoms with E-state index < -0.39 is 0 Å². The third-order valence-corrected chi connectivity index (χ3v) is 2.69. The Balaban J connectivity index is 0.00000108. The lowest BCUT2D eigenvalue weighted by Crippen LogP contribution is -1.80. The molecular formula is C13H10BrNO2. The van der Waals surface area contributed by atoms with Crippen LogP contribution >= 0.6 is 17.0 Å². The van der Waals surface area contributed by atoms with Gasteiger partial charge in [-0.25, -0.2) is 0 Å². The van der Waals surface area contributed by atoms with Crippen LogP contribution in [-0.4, -0.2) is 15.2 Å². The molecule has 2 N–H and O–H groups in total. The Morgan fingerprint density at radius 1 is 0.941 bits per heavy atom. The molecule has 0 amide bonds. The summed E-state index contributed by atoms with van der Waals surface area (Å²) < 4.78 is 0. The third-order valence-electron chi connectivity index (χ3n) is 2.69. The minimum Gasteiger partial charge on any atom is -0.504 e. The predicted molar refractivity (Wildman–Crippen MR) is 72.9 cm³/mol. The van der Waals surface area contributed by atoms with Gasteiger partial charge in [0.25, 0.3) is 0 Å². The molecule has 2 aromatic carbocycles. The van der Waals surface area contributed by atoms with Crippen molar-refractivity contribution in [3.05, 3.63) is 42.6 Å². The number of hydrogen-bond donors (Lipinski definition) is 2. The van der Waals surface area contributed by atoms with Crippen molar-refractivity contribution >= 4 is 38.7 Å². The van der Waals surface area contributed by atoms with Crippen molar-refractivity contribution in [2.45, 2.75) is 0 Å². The van der Waals surface area contributed by atoms with Crippen LogP contribution in [0.15, 0.2) is 42.6 Å². The van der Waals surface area contributed by atoms with E-state index in [0.717, 1.165) is 16.3 Å². The highest BCUT2D eigenvalue weighted by Crippen LogP contribution is 2.35. The summed E-state index contributed by atoms with van der Waals surface area (Å²) in [7, 11) is 0. The Bertz CT molecular complexity index is 697. The summed E-state index contributed by atoms with van der Waals surface area (Å²) in [6.07, 6.45) is 1.73. The van der Waals surface area contributed by atoms with Crippen molar-refractivity contribution in [1.29, 1.82) is 0 Å². The molecule has 3 rings (SSSR count). The van der Waals surface area contributed by atoms with Crippen LogP contribution in [0.25, 0.3) is 21.7 Å². The minimum absolute atomic E-state index is 0. The van der Waals surface area contributed by atoms with E-state index in [2.05, 4.69) is 4.98 Å². The van der Waals surface area contributed by atoms with Crippen LogP contribution < -0.4 is 0 Å². The van der Waals surface area contributed by atoms with Gasteiger partial charge in [0.1, 0.15) is 0 Å². The van der Waals surface area contributed by atoms with Gasteiger partial charge in [0, 0.05) is 17.0 Å². The van der Waals surface area contributed by atoms with E-state index in [1.165, 1.54) is 6.07 Å². The molecule has 0 atom stereocenters. The van der Waals surface area contributed by atoms with Gasteiger partial charge in [-0.05, 0) is 29.7 Å². The molecule has 86 valence electrons. The molecular weight excluding hydrogens is 282 g/mol. The number of phenols is 2. The van der Waals surface area contributed by atoms with Crippen molar-refractivity contribution in [1.82, 2.24) is 4.98 Å². The molecule has 0 radical (unpaired) electrons. The lowest BCUT2D eigenvalue weighted by atomic mass is 10.1. The first kappa shape index (κ1) is 11.7. The van der Waals surface area contributed by atoms with E-state index >= 15 is 0 Å². The van der Waals surface area contributed by atoms with Crippen molar-refractivity contribution in [3.63, 3.8) is 0 Å². The van der Waals surface area contributed by atoms with Crippen LogP contribution in [0.5, 0.6) is 11.5 Å².